The SMILES string of the molecule is Cl.c1cnc2nc(OC3CCNC3)[nH]c2c1. The first kappa shape index (κ1) is 11.2. The number of imidazole rings is 1. The molecule has 2 aromatic rings. The fraction of sp³-hybridized carbons (Fsp3) is 0.400. The van der Waals surface area contributed by atoms with Crippen molar-refractivity contribution in [1.29, 1.82) is 0 Å². The summed E-state index contributed by atoms with van der Waals surface area (Å²) in [4.78, 5) is 11.5. The zero-order chi connectivity index (χ0) is 10.1. The lowest BCUT2D eigenvalue weighted by Crippen LogP contribution is -2.20. The predicted octanol–water partition coefficient (Wildman–Crippen LogP) is 1.12. The third-order valence-electron chi connectivity index (χ3n) is 2.53. The van der Waals surface area contributed by atoms with Gasteiger partial charge in [-0.3, -0.25) is 0 Å². The molecule has 2 N–H and O–H groups in total. The summed E-state index contributed by atoms with van der Waals surface area (Å²) in [5.74, 6) is 0. The molecule has 6 heteroatoms. The molecule has 1 fully saturated rings. The Kier molecular flexibility index (Phi) is 3.26. The minimum absolute atomic E-state index is 0. The molecule has 0 bridgehead atoms. The van der Waals surface area contributed by atoms with Crippen LogP contribution in [0.4, 0.5) is 0 Å². The molecular weight excluding hydrogens is 228 g/mol. The predicted molar refractivity (Wildman–Crippen MR) is 63.0 cm³/mol. The first-order chi connectivity index (χ1) is 7.42. The topological polar surface area (TPSA) is 62.8 Å². The number of fused-ring (bicyclic) bond motifs is 1. The Balaban J connectivity index is 0.000000963. The Bertz CT molecular complexity index is 434. The van der Waals surface area contributed by atoms with Crippen LogP contribution in [-0.4, -0.2) is 34.1 Å². The first-order valence-electron chi connectivity index (χ1n) is 5.10. The van der Waals surface area contributed by atoms with Gasteiger partial charge in [-0.2, -0.15) is 4.98 Å². The summed E-state index contributed by atoms with van der Waals surface area (Å²) >= 11 is 0. The van der Waals surface area contributed by atoms with Crippen molar-refractivity contribution in [2.45, 2.75) is 12.5 Å². The second-order valence-corrected chi connectivity index (χ2v) is 3.65. The summed E-state index contributed by atoms with van der Waals surface area (Å²) in [7, 11) is 0. The van der Waals surface area contributed by atoms with Gasteiger partial charge in [-0.15, -0.1) is 12.4 Å². The molecule has 1 aliphatic rings. The molecule has 1 aliphatic heterocycles. The van der Waals surface area contributed by atoms with E-state index in [9.17, 15) is 0 Å². The number of hydrogen-bond acceptors (Lipinski definition) is 4. The second kappa shape index (κ2) is 4.67. The van der Waals surface area contributed by atoms with Crippen LogP contribution in [0.5, 0.6) is 6.01 Å². The highest BCUT2D eigenvalue weighted by molar-refractivity contribution is 5.85. The zero-order valence-electron chi connectivity index (χ0n) is 8.64. The number of H-pyrrole nitrogens is 1. The average molecular weight is 241 g/mol. The van der Waals surface area contributed by atoms with Crippen LogP contribution in [0.25, 0.3) is 11.2 Å². The third-order valence-corrected chi connectivity index (χ3v) is 2.53. The quantitative estimate of drug-likeness (QED) is 0.826. The molecule has 1 unspecified atom stereocenters. The minimum Gasteiger partial charge on any atom is -0.460 e. The fourth-order valence-electron chi connectivity index (χ4n) is 1.77. The van der Waals surface area contributed by atoms with Crippen LogP contribution in [0.1, 0.15) is 6.42 Å². The van der Waals surface area contributed by atoms with Crippen molar-refractivity contribution >= 4 is 23.6 Å². The van der Waals surface area contributed by atoms with Crippen LogP contribution < -0.4 is 10.1 Å². The maximum Gasteiger partial charge on any atom is 0.296 e. The van der Waals surface area contributed by atoms with Crippen molar-refractivity contribution in [2.75, 3.05) is 13.1 Å². The largest absolute Gasteiger partial charge is 0.460 e. The minimum atomic E-state index is 0. The van der Waals surface area contributed by atoms with Gasteiger partial charge in [0.15, 0.2) is 5.65 Å². The Labute approximate surface area is 99.0 Å². The van der Waals surface area contributed by atoms with Crippen molar-refractivity contribution < 1.29 is 4.74 Å². The van der Waals surface area contributed by atoms with Gasteiger partial charge in [0.1, 0.15) is 6.10 Å². The molecule has 0 saturated carbocycles. The van der Waals surface area contributed by atoms with E-state index in [0.29, 0.717) is 11.7 Å². The van der Waals surface area contributed by atoms with Crippen LogP contribution in [-0.2, 0) is 0 Å². The molecule has 3 rings (SSSR count). The summed E-state index contributed by atoms with van der Waals surface area (Å²) in [6.07, 6.45) is 2.99. The van der Waals surface area contributed by atoms with Crippen LogP contribution >= 0.6 is 12.4 Å². The van der Waals surface area contributed by atoms with Crippen molar-refractivity contribution in [3.63, 3.8) is 0 Å². The number of halogens is 1. The number of aromatic nitrogens is 3. The average Bonchev–Trinajstić information content (AvgIpc) is 2.86. The van der Waals surface area contributed by atoms with Gasteiger partial charge >= 0.3 is 0 Å². The smallest absolute Gasteiger partial charge is 0.296 e. The number of rotatable bonds is 2. The number of nitrogens with one attached hydrogen (secondary N) is 2. The Morgan fingerprint density at radius 3 is 3.12 bits per heavy atom. The number of hydrogen-bond donors (Lipinski definition) is 2. The van der Waals surface area contributed by atoms with Gasteiger partial charge in [0.25, 0.3) is 6.01 Å². The van der Waals surface area contributed by atoms with Gasteiger partial charge in [0.2, 0.25) is 0 Å². The van der Waals surface area contributed by atoms with E-state index in [1.165, 1.54) is 0 Å². The third kappa shape index (κ3) is 2.10. The maximum absolute atomic E-state index is 5.69. The molecule has 1 atom stereocenters. The summed E-state index contributed by atoms with van der Waals surface area (Å²) in [5.41, 5.74) is 1.62. The van der Waals surface area contributed by atoms with Gasteiger partial charge in [-0.1, -0.05) is 0 Å². The van der Waals surface area contributed by atoms with Gasteiger partial charge in [-0.05, 0) is 25.1 Å². The van der Waals surface area contributed by atoms with E-state index >= 15 is 0 Å². The molecule has 86 valence electrons. The van der Waals surface area contributed by atoms with E-state index in [2.05, 4.69) is 20.3 Å². The van der Waals surface area contributed by atoms with Crippen molar-refractivity contribution in [1.82, 2.24) is 20.3 Å². The standard InChI is InChI=1S/C10H12N4O.ClH/c1-2-8-9(12-4-1)14-10(13-8)15-7-3-5-11-6-7;/h1-2,4,7,11H,3,5-6H2,(H,12,13,14);1H. The Hall–Kier alpha value is -1.33. The van der Waals surface area contributed by atoms with Crippen LogP contribution in [0.2, 0.25) is 0 Å². The number of pyridine rings is 1. The van der Waals surface area contributed by atoms with Gasteiger partial charge in [0.05, 0.1) is 5.52 Å². The van der Waals surface area contributed by atoms with Crippen molar-refractivity contribution in [2.24, 2.45) is 0 Å². The van der Waals surface area contributed by atoms with Gasteiger partial charge in [0, 0.05) is 12.7 Å². The Morgan fingerprint density at radius 2 is 2.38 bits per heavy atom. The number of ether oxygens (including phenoxy) is 1. The molecule has 0 radical (unpaired) electrons. The molecule has 1 saturated heterocycles. The molecule has 0 aliphatic carbocycles. The van der Waals surface area contributed by atoms with Crippen molar-refractivity contribution in [3.8, 4) is 6.01 Å². The molecule has 2 aromatic heterocycles. The number of nitrogens with zero attached hydrogens (tertiary/aromatic N) is 2. The summed E-state index contributed by atoms with van der Waals surface area (Å²) in [6, 6.07) is 4.38. The van der Waals surface area contributed by atoms with Crippen LogP contribution in [0.3, 0.4) is 0 Å². The molecule has 16 heavy (non-hydrogen) atoms. The van der Waals surface area contributed by atoms with E-state index in [0.717, 1.165) is 25.0 Å². The number of aromatic amines is 1. The normalized spacial score (nSPS) is 19.6. The van der Waals surface area contributed by atoms with Crippen LogP contribution in [0, 0.1) is 0 Å². The maximum atomic E-state index is 5.69. The zero-order valence-corrected chi connectivity index (χ0v) is 9.46. The lowest BCUT2D eigenvalue weighted by molar-refractivity contribution is 0.207. The second-order valence-electron chi connectivity index (χ2n) is 3.65. The van der Waals surface area contributed by atoms with E-state index in [1.54, 1.807) is 6.20 Å². The highest BCUT2D eigenvalue weighted by Crippen LogP contribution is 2.15. The first-order valence-corrected chi connectivity index (χ1v) is 5.10. The molecule has 5 nitrogen and oxygen atoms in total. The Morgan fingerprint density at radius 1 is 1.44 bits per heavy atom. The highest BCUT2D eigenvalue weighted by Gasteiger charge is 2.17. The highest BCUT2D eigenvalue weighted by atomic mass is 35.5. The fourth-order valence-corrected chi connectivity index (χ4v) is 1.77. The van der Waals surface area contributed by atoms with Gasteiger partial charge < -0.3 is 15.0 Å². The lowest BCUT2D eigenvalue weighted by atomic mass is 10.3. The molecule has 0 amide bonds. The van der Waals surface area contributed by atoms with Crippen molar-refractivity contribution in [3.05, 3.63) is 18.3 Å². The molecule has 0 spiro atoms. The van der Waals surface area contributed by atoms with E-state index < -0.39 is 0 Å². The molecule has 0 aromatic carbocycles. The molecule has 3 heterocycles. The lowest BCUT2D eigenvalue weighted by Gasteiger charge is -2.07. The summed E-state index contributed by atoms with van der Waals surface area (Å²) < 4.78 is 5.69. The van der Waals surface area contributed by atoms with Crippen LogP contribution in [0.15, 0.2) is 18.3 Å². The monoisotopic (exact) mass is 240 g/mol. The summed E-state index contributed by atoms with van der Waals surface area (Å²) in [6.45, 7) is 1.91. The van der Waals surface area contributed by atoms with E-state index in [4.69, 9.17) is 4.74 Å². The molecular formula is C10H13ClN4O. The van der Waals surface area contributed by atoms with Gasteiger partial charge in [-0.25, -0.2) is 4.98 Å². The summed E-state index contributed by atoms with van der Waals surface area (Å²) in [5, 5.41) is 3.24. The van der Waals surface area contributed by atoms with E-state index in [1.807, 2.05) is 12.1 Å². The van der Waals surface area contributed by atoms with E-state index in [-0.39, 0.29) is 18.5 Å².